The predicted octanol–water partition coefficient (Wildman–Crippen LogP) is 4.97. The molecule has 1 aliphatic carbocycles. The van der Waals surface area contributed by atoms with Crippen molar-refractivity contribution < 1.29 is 0 Å². The number of hydrogen-bond donors (Lipinski definition) is 0. The molecule has 13 heavy (non-hydrogen) atoms. The van der Waals surface area contributed by atoms with Crippen LogP contribution < -0.4 is 0 Å². The first-order chi connectivity index (χ1) is 6.00. The van der Waals surface area contributed by atoms with Crippen molar-refractivity contribution in [2.24, 2.45) is 0 Å². The van der Waals surface area contributed by atoms with E-state index >= 15 is 0 Å². The van der Waals surface area contributed by atoms with Gasteiger partial charge >= 0.3 is 0 Å². The van der Waals surface area contributed by atoms with Gasteiger partial charge < -0.3 is 0 Å². The van der Waals surface area contributed by atoms with Gasteiger partial charge in [0.25, 0.3) is 0 Å². The Kier molecular flexibility index (Phi) is 2.69. The average molecular weight is 345 g/mol. The first-order valence-electron chi connectivity index (χ1n) is 3.83. The Balaban J connectivity index is 2.29. The van der Waals surface area contributed by atoms with E-state index in [4.69, 9.17) is 23.2 Å². The molecule has 0 aliphatic heterocycles. The Labute approximate surface area is 104 Å². The molecule has 0 bridgehead atoms. The first-order valence-corrected chi connectivity index (χ1v) is 6.18. The van der Waals surface area contributed by atoms with Gasteiger partial charge in [0.05, 0.1) is 13.3 Å². The summed E-state index contributed by atoms with van der Waals surface area (Å²) in [5.41, 5.74) is 1.23. The van der Waals surface area contributed by atoms with E-state index < -0.39 is 0 Å². The van der Waals surface area contributed by atoms with Crippen LogP contribution >= 0.6 is 55.1 Å². The maximum atomic E-state index is 5.92. The molecule has 4 heteroatoms. The van der Waals surface area contributed by atoms with Crippen molar-refractivity contribution in [3.05, 3.63) is 33.8 Å². The fourth-order valence-corrected chi connectivity index (χ4v) is 2.79. The maximum Gasteiger partial charge on any atom is 0.0881 e. The quantitative estimate of drug-likeness (QED) is 0.631. The SMILES string of the molecule is Clc1ccc(C2CC2(Br)Br)cc1Cl. The molecule has 1 fully saturated rings. The second-order valence-electron chi connectivity index (χ2n) is 3.19. The summed E-state index contributed by atoms with van der Waals surface area (Å²) in [5.74, 6) is 0.502. The van der Waals surface area contributed by atoms with Gasteiger partial charge in [0.2, 0.25) is 0 Å². The second kappa shape index (κ2) is 3.41. The van der Waals surface area contributed by atoms with Crippen molar-refractivity contribution >= 4 is 55.1 Å². The molecule has 2 rings (SSSR count). The van der Waals surface area contributed by atoms with Crippen LogP contribution in [-0.2, 0) is 0 Å². The molecule has 0 N–H and O–H groups in total. The third-order valence-corrected chi connectivity index (χ3v) is 4.66. The molecule has 1 atom stereocenters. The van der Waals surface area contributed by atoms with E-state index in [9.17, 15) is 0 Å². The van der Waals surface area contributed by atoms with Crippen molar-refractivity contribution in [3.63, 3.8) is 0 Å². The predicted molar refractivity (Wildman–Crippen MR) is 64.4 cm³/mol. The number of benzene rings is 1. The van der Waals surface area contributed by atoms with Crippen LogP contribution in [0, 0.1) is 0 Å². The highest BCUT2D eigenvalue weighted by Crippen LogP contribution is 2.62. The van der Waals surface area contributed by atoms with Crippen molar-refractivity contribution in [1.29, 1.82) is 0 Å². The fourth-order valence-electron chi connectivity index (χ4n) is 1.30. The summed E-state index contributed by atoms with van der Waals surface area (Å²) >= 11 is 18.9. The molecular weight excluding hydrogens is 339 g/mol. The van der Waals surface area contributed by atoms with Gasteiger partial charge in [-0.1, -0.05) is 61.1 Å². The van der Waals surface area contributed by atoms with Crippen LogP contribution in [0.25, 0.3) is 0 Å². The van der Waals surface area contributed by atoms with E-state index in [1.807, 2.05) is 18.2 Å². The molecule has 0 heterocycles. The van der Waals surface area contributed by atoms with Crippen LogP contribution in [0.4, 0.5) is 0 Å². The molecule has 1 unspecified atom stereocenters. The molecular formula is C9H6Br2Cl2. The smallest absolute Gasteiger partial charge is 0.0827 e. The molecule has 0 amide bonds. The summed E-state index contributed by atoms with van der Waals surface area (Å²) in [4.78, 5) is 0. The van der Waals surface area contributed by atoms with Crippen molar-refractivity contribution in [2.45, 2.75) is 15.6 Å². The molecule has 0 nitrogen and oxygen atoms in total. The van der Waals surface area contributed by atoms with Gasteiger partial charge in [0.15, 0.2) is 0 Å². The first kappa shape index (κ1) is 10.3. The van der Waals surface area contributed by atoms with Gasteiger partial charge in [0, 0.05) is 5.92 Å². The minimum atomic E-state index is 0.0805. The Morgan fingerprint density at radius 3 is 2.31 bits per heavy atom. The van der Waals surface area contributed by atoms with E-state index in [0.717, 1.165) is 6.42 Å². The number of hydrogen-bond acceptors (Lipinski definition) is 0. The van der Waals surface area contributed by atoms with Gasteiger partial charge in [0.1, 0.15) is 0 Å². The van der Waals surface area contributed by atoms with Crippen molar-refractivity contribution in [1.82, 2.24) is 0 Å². The maximum absolute atomic E-state index is 5.92. The normalized spacial score (nSPS) is 24.5. The Morgan fingerprint density at radius 2 is 1.85 bits per heavy atom. The van der Waals surface area contributed by atoms with Crippen LogP contribution in [0.2, 0.25) is 10.0 Å². The summed E-state index contributed by atoms with van der Waals surface area (Å²) in [7, 11) is 0. The molecule has 0 aromatic heterocycles. The lowest BCUT2D eigenvalue weighted by molar-refractivity contribution is 1.13. The lowest BCUT2D eigenvalue weighted by atomic mass is 10.1. The summed E-state index contributed by atoms with van der Waals surface area (Å²) in [6.45, 7) is 0. The lowest BCUT2D eigenvalue weighted by Crippen LogP contribution is -1.88. The largest absolute Gasteiger partial charge is 0.0881 e. The van der Waals surface area contributed by atoms with Crippen LogP contribution in [0.1, 0.15) is 17.9 Å². The molecule has 1 aliphatic rings. The van der Waals surface area contributed by atoms with E-state index in [0.29, 0.717) is 16.0 Å². The summed E-state index contributed by atoms with van der Waals surface area (Å²) < 4.78 is 0.0805. The van der Waals surface area contributed by atoms with Gasteiger partial charge in [-0.3, -0.25) is 0 Å². The van der Waals surface area contributed by atoms with Gasteiger partial charge in [-0.25, -0.2) is 0 Å². The molecule has 1 aromatic rings. The van der Waals surface area contributed by atoms with Crippen LogP contribution in [0.15, 0.2) is 18.2 Å². The molecule has 70 valence electrons. The van der Waals surface area contributed by atoms with Crippen molar-refractivity contribution in [2.75, 3.05) is 0 Å². The standard InChI is InChI=1S/C9H6Br2Cl2/c10-9(11)4-6(9)5-1-2-7(12)8(13)3-5/h1-3,6H,4H2. The van der Waals surface area contributed by atoms with E-state index in [1.165, 1.54) is 5.56 Å². The Bertz CT molecular complexity index is 349. The minimum Gasteiger partial charge on any atom is -0.0827 e. The molecule has 0 saturated heterocycles. The highest BCUT2D eigenvalue weighted by molar-refractivity contribution is 9.25. The van der Waals surface area contributed by atoms with Crippen LogP contribution in [0.3, 0.4) is 0 Å². The van der Waals surface area contributed by atoms with Crippen molar-refractivity contribution in [3.8, 4) is 0 Å². The third-order valence-electron chi connectivity index (χ3n) is 2.17. The molecule has 0 radical (unpaired) electrons. The monoisotopic (exact) mass is 342 g/mol. The summed E-state index contributed by atoms with van der Waals surface area (Å²) in [5, 5.41) is 1.24. The van der Waals surface area contributed by atoms with Gasteiger partial charge in [-0.15, -0.1) is 0 Å². The highest BCUT2D eigenvalue weighted by atomic mass is 79.9. The Morgan fingerprint density at radius 1 is 1.23 bits per heavy atom. The van der Waals surface area contributed by atoms with Crippen LogP contribution in [-0.4, -0.2) is 3.23 Å². The van der Waals surface area contributed by atoms with Gasteiger partial charge in [-0.2, -0.15) is 0 Å². The zero-order valence-corrected chi connectivity index (χ0v) is 11.2. The lowest BCUT2D eigenvalue weighted by Gasteiger charge is -2.02. The zero-order valence-electron chi connectivity index (χ0n) is 6.53. The van der Waals surface area contributed by atoms with Crippen LogP contribution in [0.5, 0.6) is 0 Å². The molecule has 1 aromatic carbocycles. The topological polar surface area (TPSA) is 0 Å². The van der Waals surface area contributed by atoms with E-state index in [2.05, 4.69) is 31.9 Å². The number of rotatable bonds is 1. The average Bonchev–Trinajstić information content (AvgIpc) is 2.66. The number of alkyl halides is 2. The Hall–Kier alpha value is 0.760. The second-order valence-corrected chi connectivity index (χ2v) is 7.90. The minimum absolute atomic E-state index is 0.0805. The third kappa shape index (κ3) is 2.06. The summed E-state index contributed by atoms with van der Waals surface area (Å²) in [6.07, 6.45) is 1.09. The molecule has 0 spiro atoms. The zero-order chi connectivity index (χ0) is 9.64. The number of halogens is 4. The highest BCUT2D eigenvalue weighted by Gasteiger charge is 2.51. The van der Waals surface area contributed by atoms with Gasteiger partial charge in [-0.05, 0) is 24.1 Å². The fraction of sp³-hybridized carbons (Fsp3) is 0.333. The van der Waals surface area contributed by atoms with E-state index in [1.54, 1.807) is 0 Å². The molecule has 1 saturated carbocycles. The van der Waals surface area contributed by atoms with E-state index in [-0.39, 0.29) is 3.23 Å². The summed E-state index contributed by atoms with van der Waals surface area (Å²) in [6, 6.07) is 5.79.